The van der Waals surface area contributed by atoms with E-state index in [1.807, 2.05) is 25.1 Å². The fourth-order valence-electron chi connectivity index (χ4n) is 2.36. The van der Waals surface area contributed by atoms with Crippen LogP contribution in [0.15, 0.2) is 40.9 Å². The summed E-state index contributed by atoms with van der Waals surface area (Å²) in [7, 11) is 0. The first-order chi connectivity index (χ1) is 9.95. The number of aliphatic hydroxyl groups excluding tert-OH is 1. The lowest BCUT2D eigenvalue weighted by molar-refractivity contribution is 0.147. The predicted octanol–water partition coefficient (Wildman–Crippen LogP) is 4.84. The Morgan fingerprint density at radius 3 is 2.33 bits per heavy atom. The number of rotatable bonds is 4. The summed E-state index contributed by atoms with van der Waals surface area (Å²) in [5.41, 5.74) is 8.43. The molecular weight excluding hydrogens is 373 g/mol. The maximum Gasteiger partial charge on any atom is 0.0882 e. The summed E-state index contributed by atoms with van der Waals surface area (Å²) >= 11 is 16.0. The van der Waals surface area contributed by atoms with Gasteiger partial charge in [-0.3, -0.25) is 0 Å². The van der Waals surface area contributed by atoms with Crippen LogP contribution in [0.2, 0.25) is 10.0 Å². The molecule has 0 aliphatic carbocycles. The summed E-state index contributed by atoms with van der Waals surface area (Å²) in [6, 6.07) is 11.1. The smallest absolute Gasteiger partial charge is 0.0882 e. The third-order valence-corrected chi connectivity index (χ3v) is 4.83. The number of benzene rings is 2. The van der Waals surface area contributed by atoms with Crippen LogP contribution >= 0.6 is 39.1 Å². The average Bonchev–Trinajstić information content (AvgIpc) is 2.42. The van der Waals surface area contributed by atoms with E-state index in [1.165, 1.54) is 0 Å². The molecule has 2 aromatic rings. The van der Waals surface area contributed by atoms with Crippen molar-refractivity contribution < 1.29 is 5.11 Å². The third kappa shape index (κ3) is 3.61. The minimum atomic E-state index is -0.789. The van der Waals surface area contributed by atoms with E-state index in [4.69, 9.17) is 28.9 Å². The first kappa shape index (κ1) is 16.8. The lowest BCUT2D eigenvalue weighted by atomic mass is 9.89. The van der Waals surface area contributed by atoms with Gasteiger partial charge in [-0.1, -0.05) is 57.3 Å². The Kier molecular flexibility index (Phi) is 5.69. The number of halogens is 3. The highest BCUT2D eigenvalue weighted by Crippen LogP contribution is 2.40. The first-order valence-electron chi connectivity index (χ1n) is 6.53. The van der Waals surface area contributed by atoms with E-state index < -0.39 is 6.10 Å². The van der Waals surface area contributed by atoms with E-state index in [0.717, 1.165) is 15.6 Å². The summed E-state index contributed by atoms with van der Waals surface area (Å²) in [5.74, 6) is -0.370. The highest BCUT2D eigenvalue weighted by atomic mass is 79.9. The molecule has 0 saturated carbocycles. The van der Waals surface area contributed by atoms with Crippen molar-refractivity contribution in [1.82, 2.24) is 0 Å². The van der Waals surface area contributed by atoms with Gasteiger partial charge in [0.15, 0.2) is 0 Å². The van der Waals surface area contributed by atoms with Gasteiger partial charge in [0, 0.05) is 27.0 Å². The normalized spacial score (nSPS) is 14.0. The molecule has 2 unspecified atom stereocenters. The summed E-state index contributed by atoms with van der Waals surface area (Å²) < 4.78 is 0.844. The van der Waals surface area contributed by atoms with Gasteiger partial charge in [0.05, 0.1) is 6.10 Å². The molecule has 0 amide bonds. The van der Waals surface area contributed by atoms with Crippen molar-refractivity contribution in [2.45, 2.75) is 18.9 Å². The molecule has 21 heavy (non-hydrogen) atoms. The summed E-state index contributed by atoms with van der Waals surface area (Å²) in [6.07, 6.45) is -0.789. The average molecular weight is 389 g/mol. The minimum Gasteiger partial charge on any atom is -0.388 e. The number of nitrogens with two attached hydrogens (primary N) is 1. The van der Waals surface area contributed by atoms with Gasteiger partial charge in [-0.05, 0) is 41.8 Å². The van der Waals surface area contributed by atoms with Crippen LogP contribution in [0.5, 0.6) is 0 Å². The Labute approximate surface area is 143 Å². The van der Waals surface area contributed by atoms with Crippen molar-refractivity contribution in [3.8, 4) is 0 Å². The van der Waals surface area contributed by atoms with Crippen LogP contribution in [0.1, 0.15) is 28.7 Å². The molecule has 112 valence electrons. The molecule has 0 aliphatic rings. The van der Waals surface area contributed by atoms with Crippen molar-refractivity contribution in [2.24, 2.45) is 5.73 Å². The molecule has 2 aromatic carbocycles. The van der Waals surface area contributed by atoms with Crippen LogP contribution < -0.4 is 5.73 Å². The second-order valence-corrected chi connectivity index (χ2v) is 6.62. The Balaban J connectivity index is 2.46. The summed E-state index contributed by atoms with van der Waals surface area (Å²) in [5, 5.41) is 11.8. The van der Waals surface area contributed by atoms with Crippen LogP contribution in [0, 0.1) is 6.92 Å². The Morgan fingerprint density at radius 1 is 1.19 bits per heavy atom. The Bertz CT molecular complexity index is 628. The Morgan fingerprint density at radius 2 is 1.81 bits per heavy atom. The molecule has 2 rings (SSSR count). The quantitative estimate of drug-likeness (QED) is 0.786. The van der Waals surface area contributed by atoms with Gasteiger partial charge in [-0.2, -0.15) is 0 Å². The molecule has 2 atom stereocenters. The van der Waals surface area contributed by atoms with Gasteiger partial charge in [0.25, 0.3) is 0 Å². The molecule has 3 N–H and O–H groups in total. The van der Waals surface area contributed by atoms with Crippen molar-refractivity contribution in [3.05, 3.63) is 67.6 Å². The van der Waals surface area contributed by atoms with E-state index in [9.17, 15) is 5.11 Å². The van der Waals surface area contributed by atoms with Crippen LogP contribution in [-0.4, -0.2) is 11.7 Å². The number of hydrogen-bond acceptors (Lipinski definition) is 2. The largest absolute Gasteiger partial charge is 0.388 e. The van der Waals surface area contributed by atoms with E-state index in [1.54, 1.807) is 18.2 Å². The molecule has 0 radical (unpaired) electrons. The van der Waals surface area contributed by atoms with Crippen molar-refractivity contribution >= 4 is 39.1 Å². The van der Waals surface area contributed by atoms with Crippen LogP contribution in [0.3, 0.4) is 0 Å². The van der Waals surface area contributed by atoms with Crippen LogP contribution in [0.4, 0.5) is 0 Å². The van der Waals surface area contributed by atoms with Gasteiger partial charge in [-0.15, -0.1) is 0 Å². The lowest BCUT2D eigenvalue weighted by Crippen LogP contribution is -2.21. The fourth-order valence-corrected chi connectivity index (χ4v) is 3.76. The molecule has 0 saturated heterocycles. The topological polar surface area (TPSA) is 46.2 Å². The number of aliphatic hydroxyl groups is 1. The highest BCUT2D eigenvalue weighted by molar-refractivity contribution is 9.10. The molecule has 0 aromatic heterocycles. The molecule has 0 heterocycles. The van der Waals surface area contributed by atoms with Gasteiger partial charge in [0.2, 0.25) is 0 Å². The third-order valence-electron chi connectivity index (χ3n) is 3.48. The Hall–Kier alpha value is -0.580. The van der Waals surface area contributed by atoms with Gasteiger partial charge in [0.1, 0.15) is 0 Å². The van der Waals surface area contributed by atoms with Gasteiger partial charge in [-0.25, -0.2) is 0 Å². The maximum atomic E-state index is 10.7. The monoisotopic (exact) mass is 387 g/mol. The molecule has 0 bridgehead atoms. The second-order valence-electron chi connectivity index (χ2n) is 4.95. The zero-order valence-corrected chi connectivity index (χ0v) is 14.6. The zero-order chi connectivity index (χ0) is 15.6. The van der Waals surface area contributed by atoms with Crippen LogP contribution in [-0.2, 0) is 0 Å². The lowest BCUT2D eigenvalue weighted by Gasteiger charge is -2.25. The highest BCUT2D eigenvalue weighted by Gasteiger charge is 2.27. The molecule has 0 fully saturated rings. The minimum absolute atomic E-state index is 0.241. The second kappa shape index (κ2) is 7.12. The van der Waals surface area contributed by atoms with E-state index in [-0.39, 0.29) is 12.5 Å². The van der Waals surface area contributed by atoms with Gasteiger partial charge >= 0.3 is 0 Å². The molecule has 0 aliphatic heterocycles. The van der Waals surface area contributed by atoms with Crippen LogP contribution in [0.25, 0.3) is 0 Å². The van der Waals surface area contributed by atoms with Crippen molar-refractivity contribution in [2.75, 3.05) is 6.54 Å². The summed E-state index contributed by atoms with van der Waals surface area (Å²) in [6.45, 7) is 2.23. The summed E-state index contributed by atoms with van der Waals surface area (Å²) in [4.78, 5) is 0. The molecule has 5 heteroatoms. The maximum absolute atomic E-state index is 10.7. The standard InChI is InChI=1S/C16H16BrCl2NO/c1-9-5-6-10(12(17)7-9)16(21)11(8-20)15-13(18)3-2-4-14(15)19/h2-7,11,16,21H,8,20H2,1H3. The van der Waals surface area contributed by atoms with Crippen molar-refractivity contribution in [1.29, 1.82) is 0 Å². The van der Waals surface area contributed by atoms with Gasteiger partial charge < -0.3 is 10.8 Å². The molecule has 2 nitrogen and oxygen atoms in total. The molecular formula is C16H16BrCl2NO. The SMILES string of the molecule is Cc1ccc(C(O)C(CN)c2c(Cl)cccc2Cl)c(Br)c1. The number of aryl methyl sites for hydroxylation is 1. The fraction of sp³-hybridized carbons (Fsp3) is 0.250. The number of hydrogen-bond donors (Lipinski definition) is 2. The molecule has 0 spiro atoms. The van der Waals surface area contributed by atoms with E-state index >= 15 is 0 Å². The predicted molar refractivity (Wildman–Crippen MR) is 92.1 cm³/mol. The van der Waals surface area contributed by atoms with E-state index in [2.05, 4.69) is 15.9 Å². The first-order valence-corrected chi connectivity index (χ1v) is 8.08. The van der Waals surface area contributed by atoms with E-state index in [0.29, 0.717) is 15.6 Å². The zero-order valence-electron chi connectivity index (χ0n) is 11.5. The van der Waals surface area contributed by atoms with Crippen molar-refractivity contribution in [3.63, 3.8) is 0 Å².